The molecule has 168 valence electrons. The molecule has 0 aromatic heterocycles. The fourth-order valence-corrected chi connectivity index (χ4v) is 2.56. The number of hydrogen-bond donors (Lipinski definition) is 3. The number of carbonyl (C=O) groups excluding carboxylic acids is 3. The minimum absolute atomic E-state index is 0.0698. The van der Waals surface area contributed by atoms with Crippen LogP contribution >= 0.6 is 0 Å². The van der Waals surface area contributed by atoms with E-state index < -0.39 is 30.2 Å². The lowest BCUT2D eigenvalue weighted by atomic mass is 10.2. The third-order valence-corrected chi connectivity index (χ3v) is 4.22. The van der Waals surface area contributed by atoms with Crippen molar-refractivity contribution < 1.29 is 32.4 Å². The highest BCUT2D eigenvalue weighted by Gasteiger charge is 2.30. The van der Waals surface area contributed by atoms with E-state index in [1.54, 1.807) is 18.2 Å². The van der Waals surface area contributed by atoms with Crippen LogP contribution in [0.25, 0.3) is 0 Å². The highest BCUT2D eigenvalue weighted by atomic mass is 19.4. The maximum Gasteiger partial charge on any atom is 0.416 e. The lowest BCUT2D eigenvalue weighted by Crippen LogP contribution is -2.25. The number of rotatable bonds is 8. The van der Waals surface area contributed by atoms with Gasteiger partial charge in [-0.1, -0.05) is 17.3 Å². The minimum Gasteiger partial charge on any atom is -0.385 e. The second-order valence-electron chi connectivity index (χ2n) is 6.95. The summed E-state index contributed by atoms with van der Waals surface area (Å²) >= 11 is 0. The minimum atomic E-state index is -4.54. The van der Waals surface area contributed by atoms with Gasteiger partial charge < -0.3 is 20.8 Å². The van der Waals surface area contributed by atoms with Gasteiger partial charge in [-0.05, 0) is 49.2 Å². The van der Waals surface area contributed by atoms with Crippen LogP contribution in [0.1, 0.15) is 28.8 Å². The molecule has 8 nitrogen and oxygen atoms in total. The van der Waals surface area contributed by atoms with Crippen molar-refractivity contribution in [3.05, 3.63) is 59.7 Å². The predicted octanol–water partition coefficient (Wildman–Crippen LogP) is 3.18. The number of hydrogen-bond acceptors (Lipinski definition) is 5. The zero-order chi connectivity index (χ0) is 23.1. The molecule has 2 aromatic rings. The van der Waals surface area contributed by atoms with Crippen LogP contribution in [0.3, 0.4) is 0 Å². The summed E-state index contributed by atoms with van der Waals surface area (Å²) in [5.41, 5.74) is -0.193. The molecule has 1 aliphatic rings. The van der Waals surface area contributed by atoms with Crippen molar-refractivity contribution in [1.29, 1.82) is 0 Å². The van der Waals surface area contributed by atoms with Gasteiger partial charge in [0.25, 0.3) is 17.7 Å². The predicted molar refractivity (Wildman–Crippen MR) is 110 cm³/mol. The van der Waals surface area contributed by atoms with Crippen LogP contribution in [0.4, 0.5) is 24.5 Å². The SMILES string of the molecule is O=C(/C=N/OCC(=O)Nc1cccc(C(=O)NC2CC2)c1)Nc1cccc(C(F)(F)F)c1. The summed E-state index contributed by atoms with van der Waals surface area (Å²) in [6, 6.07) is 10.7. The molecule has 2 aromatic carbocycles. The Kier molecular flexibility index (Phi) is 7.08. The Balaban J connectivity index is 1.43. The van der Waals surface area contributed by atoms with E-state index in [-0.39, 0.29) is 17.6 Å². The molecule has 0 aliphatic heterocycles. The number of carbonyl (C=O) groups is 3. The quantitative estimate of drug-likeness (QED) is 0.426. The van der Waals surface area contributed by atoms with Crippen LogP contribution in [0, 0.1) is 0 Å². The number of nitrogens with zero attached hydrogens (tertiary/aromatic N) is 1. The summed E-state index contributed by atoms with van der Waals surface area (Å²) < 4.78 is 38.0. The summed E-state index contributed by atoms with van der Waals surface area (Å²) in [6.45, 7) is -0.522. The highest BCUT2D eigenvalue weighted by molar-refractivity contribution is 6.31. The molecule has 3 amide bonds. The summed E-state index contributed by atoms with van der Waals surface area (Å²) in [4.78, 5) is 40.4. The van der Waals surface area contributed by atoms with E-state index in [4.69, 9.17) is 4.84 Å². The monoisotopic (exact) mass is 448 g/mol. The summed E-state index contributed by atoms with van der Waals surface area (Å²) in [7, 11) is 0. The Hall–Kier alpha value is -3.89. The van der Waals surface area contributed by atoms with Gasteiger partial charge in [-0.15, -0.1) is 0 Å². The maximum absolute atomic E-state index is 12.7. The van der Waals surface area contributed by atoms with E-state index in [0.717, 1.165) is 31.0 Å². The van der Waals surface area contributed by atoms with E-state index in [0.29, 0.717) is 17.5 Å². The van der Waals surface area contributed by atoms with Crippen LogP contribution in [0.5, 0.6) is 0 Å². The molecule has 0 heterocycles. The van der Waals surface area contributed by atoms with Crippen molar-refractivity contribution in [2.45, 2.75) is 25.1 Å². The molecule has 0 saturated heterocycles. The largest absolute Gasteiger partial charge is 0.416 e. The van der Waals surface area contributed by atoms with Crippen LogP contribution in [-0.2, 0) is 20.6 Å². The first kappa shape index (κ1) is 22.8. The van der Waals surface area contributed by atoms with Crippen LogP contribution < -0.4 is 16.0 Å². The molecule has 32 heavy (non-hydrogen) atoms. The third kappa shape index (κ3) is 7.11. The summed E-state index contributed by atoms with van der Waals surface area (Å²) in [5, 5.41) is 10.9. The molecule has 0 spiro atoms. The maximum atomic E-state index is 12.7. The van der Waals surface area contributed by atoms with Crippen LogP contribution in [0.15, 0.2) is 53.7 Å². The van der Waals surface area contributed by atoms with Crippen LogP contribution in [-0.4, -0.2) is 36.6 Å². The molecule has 1 fully saturated rings. The zero-order valence-corrected chi connectivity index (χ0v) is 16.6. The molecule has 0 atom stereocenters. The van der Waals surface area contributed by atoms with Crippen molar-refractivity contribution in [3.63, 3.8) is 0 Å². The molecule has 0 radical (unpaired) electrons. The third-order valence-electron chi connectivity index (χ3n) is 4.22. The highest BCUT2D eigenvalue weighted by Crippen LogP contribution is 2.30. The zero-order valence-electron chi connectivity index (χ0n) is 16.6. The average Bonchev–Trinajstić information content (AvgIpc) is 3.55. The van der Waals surface area contributed by atoms with Crippen molar-refractivity contribution in [3.8, 4) is 0 Å². The van der Waals surface area contributed by atoms with E-state index in [1.165, 1.54) is 12.1 Å². The van der Waals surface area contributed by atoms with E-state index in [1.807, 2.05) is 0 Å². The molecule has 11 heteroatoms. The van der Waals surface area contributed by atoms with Gasteiger partial charge in [0, 0.05) is 23.0 Å². The number of alkyl halides is 3. The Bertz CT molecular complexity index is 1040. The topological polar surface area (TPSA) is 109 Å². The van der Waals surface area contributed by atoms with E-state index in [9.17, 15) is 27.6 Å². The first-order chi connectivity index (χ1) is 15.2. The second-order valence-corrected chi connectivity index (χ2v) is 6.95. The standard InChI is InChI=1S/C21H19F3N4O4/c22-21(23,24)14-4-2-6-17(10-14)26-18(29)11-25-32-12-19(30)27-16-5-1-3-13(9-16)20(31)28-15-7-8-15/h1-6,9-11,15H,7-8,12H2,(H,26,29)(H,27,30)(H,28,31)/b25-11+. The number of amides is 3. The molecule has 1 saturated carbocycles. The Morgan fingerprint density at radius 2 is 1.72 bits per heavy atom. The molecule has 0 bridgehead atoms. The normalized spacial score (nSPS) is 13.5. The smallest absolute Gasteiger partial charge is 0.385 e. The Morgan fingerprint density at radius 3 is 2.41 bits per heavy atom. The van der Waals surface area contributed by atoms with Crippen molar-refractivity contribution in [2.75, 3.05) is 17.2 Å². The Labute approximate surface area is 180 Å². The Morgan fingerprint density at radius 1 is 1.03 bits per heavy atom. The average molecular weight is 448 g/mol. The summed E-state index contributed by atoms with van der Waals surface area (Å²) in [5.74, 6) is -1.64. The number of oxime groups is 1. The number of nitrogens with one attached hydrogen (secondary N) is 3. The van der Waals surface area contributed by atoms with Gasteiger partial charge >= 0.3 is 6.18 Å². The van der Waals surface area contributed by atoms with Gasteiger partial charge in [0.1, 0.15) is 6.21 Å². The molecular weight excluding hydrogens is 429 g/mol. The van der Waals surface area contributed by atoms with Crippen LogP contribution in [0.2, 0.25) is 0 Å². The van der Waals surface area contributed by atoms with E-state index >= 15 is 0 Å². The lowest BCUT2D eigenvalue weighted by Gasteiger charge is -2.08. The summed E-state index contributed by atoms with van der Waals surface area (Å²) in [6.07, 6.45) is -1.93. The fourth-order valence-electron chi connectivity index (χ4n) is 2.56. The number of halogens is 3. The van der Waals surface area contributed by atoms with Gasteiger partial charge in [0.2, 0.25) is 0 Å². The molecule has 0 unspecified atom stereocenters. The van der Waals surface area contributed by atoms with Gasteiger partial charge in [-0.2, -0.15) is 13.2 Å². The second kappa shape index (κ2) is 9.94. The first-order valence-electron chi connectivity index (χ1n) is 9.55. The number of anilines is 2. The van der Waals surface area contributed by atoms with Crippen molar-refractivity contribution in [2.24, 2.45) is 5.16 Å². The molecule has 1 aliphatic carbocycles. The van der Waals surface area contributed by atoms with E-state index in [2.05, 4.69) is 21.1 Å². The van der Waals surface area contributed by atoms with Crippen molar-refractivity contribution >= 4 is 35.3 Å². The van der Waals surface area contributed by atoms with Gasteiger partial charge in [0.05, 0.1) is 5.56 Å². The number of benzene rings is 2. The van der Waals surface area contributed by atoms with Gasteiger partial charge in [-0.3, -0.25) is 14.4 Å². The molecule has 3 N–H and O–H groups in total. The molecule has 3 rings (SSSR count). The molecular formula is C21H19F3N4O4. The van der Waals surface area contributed by atoms with Gasteiger partial charge in [0.15, 0.2) is 6.61 Å². The van der Waals surface area contributed by atoms with Gasteiger partial charge in [-0.25, -0.2) is 0 Å². The lowest BCUT2D eigenvalue weighted by molar-refractivity contribution is -0.137. The van der Waals surface area contributed by atoms with Crippen molar-refractivity contribution in [1.82, 2.24) is 5.32 Å². The first-order valence-corrected chi connectivity index (χ1v) is 9.55. The fraction of sp³-hybridized carbons (Fsp3) is 0.238.